The molecule has 2 aromatic rings. The first-order valence-electron chi connectivity index (χ1n) is 10.4. The number of rotatable bonds is 3. The zero-order valence-electron chi connectivity index (χ0n) is 17.7. The predicted octanol–water partition coefficient (Wildman–Crippen LogP) is 4.63. The highest BCUT2D eigenvalue weighted by Crippen LogP contribution is 2.37. The van der Waals surface area contributed by atoms with Crippen molar-refractivity contribution in [2.45, 2.75) is 40.5 Å². The minimum absolute atomic E-state index is 0.201. The second-order valence-corrected chi connectivity index (χ2v) is 8.52. The number of amides is 2. The number of carbonyl (C=O) groups excluding carboxylic acids is 2. The van der Waals surface area contributed by atoms with Crippen LogP contribution in [0, 0.1) is 26.7 Å². The van der Waals surface area contributed by atoms with Crippen molar-refractivity contribution in [3.05, 3.63) is 70.4 Å². The van der Waals surface area contributed by atoms with Crippen molar-refractivity contribution in [3.8, 4) is 0 Å². The Kier molecular flexibility index (Phi) is 5.03. The molecule has 0 N–H and O–H groups in total. The van der Waals surface area contributed by atoms with E-state index in [-0.39, 0.29) is 11.8 Å². The van der Waals surface area contributed by atoms with Gasteiger partial charge in [0.15, 0.2) is 0 Å². The van der Waals surface area contributed by atoms with Crippen LogP contribution >= 0.6 is 0 Å². The Morgan fingerprint density at radius 1 is 0.897 bits per heavy atom. The summed E-state index contributed by atoms with van der Waals surface area (Å²) in [6, 6.07) is 13.8. The van der Waals surface area contributed by atoms with Gasteiger partial charge in [-0.3, -0.25) is 9.59 Å². The minimum Gasteiger partial charge on any atom is -0.366 e. The molecule has 150 valence electrons. The highest BCUT2D eigenvalue weighted by molar-refractivity contribution is 6.45. The summed E-state index contributed by atoms with van der Waals surface area (Å²) in [6.07, 6.45) is 2.20. The summed E-state index contributed by atoms with van der Waals surface area (Å²) >= 11 is 0. The maximum atomic E-state index is 13.6. The van der Waals surface area contributed by atoms with E-state index in [1.165, 1.54) is 4.90 Å². The van der Waals surface area contributed by atoms with Crippen LogP contribution in [0.2, 0.25) is 0 Å². The van der Waals surface area contributed by atoms with Gasteiger partial charge < -0.3 is 4.90 Å². The lowest BCUT2D eigenvalue weighted by Gasteiger charge is -2.33. The molecular weight excluding hydrogens is 360 g/mol. The average Bonchev–Trinajstić information content (AvgIpc) is 2.95. The molecule has 0 spiro atoms. The van der Waals surface area contributed by atoms with Gasteiger partial charge in [0, 0.05) is 13.1 Å². The Morgan fingerprint density at radius 3 is 2.28 bits per heavy atom. The van der Waals surface area contributed by atoms with E-state index in [1.807, 2.05) is 63.2 Å². The van der Waals surface area contributed by atoms with Gasteiger partial charge in [-0.25, -0.2) is 4.90 Å². The van der Waals surface area contributed by atoms with Crippen LogP contribution in [0.3, 0.4) is 0 Å². The Morgan fingerprint density at radius 2 is 1.59 bits per heavy atom. The maximum Gasteiger partial charge on any atom is 0.282 e. The molecule has 1 fully saturated rings. The Labute approximate surface area is 172 Å². The van der Waals surface area contributed by atoms with Crippen molar-refractivity contribution in [2.75, 3.05) is 18.0 Å². The molecule has 4 heteroatoms. The van der Waals surface area contributed by atoms with Crippen LogP contribution in [0.5, 0.6) is 0 Å². The Bertz CT molecular complexity index is 1000. The van der Waals surface area contributed by atoms with E-state index >= 15 is 0 Å². The third-order valence-electron chi connectivity index (χ3n) is 5.98. The summed E-state index contributed by atoms with van der Waals surface area (Å²) in [5.74, 6) is 0.0855. The molecule has 2 aliphatic heterocycles. The molecule has 4 nitrogen and oxygen atoms in total. The number of aryl methyl sites for hydroxylation is 3. The van der Waals surface area contributed by atoms with E-state index in [9.17, 15) is 9.59 Å². The molecule has 0 aromatic heterocycles. The lowest BCUT2D eigenvalue weighted by molar-refractivity contribution is -0.120. The number of carbonyl (C=O) groups is 2. The summed E-state index contributed by atoms with van der Waals surface area (Å²) in [6.45, 7) is 9.79. The summed E-state index contributed by atoms with van der Waals surface area (Å²) in [4.78, 5) is 30.8. The zero-order valence-corrected chi connectivity index (χ0v) is 17.7. The lowest BCUT2D eigenvalue weighted by Crippen LogP contribution is -2.39. The largest absolute Gasteiger partial charge is 0.366 e. The predicted molar refractivity (Wildman–Crippen MR) is 116 cm³/mol. The van der Waals surface area contributed by atoms with Gasteiger partial charge in [-0.1, -0.05) is 48.9 Å². The molecule has 0 saturated carbocycles. The van der Waals surface area contributed by atoms with E-state index in [2.05, 4.69) is 11.8 Å². The maximum absolute atomic E-state index is 13.6. The highest BCUT2D eigenvalue weighted by Gasteiger charge is 2.43. The molecule has 1 atom stereocenters. The average molecular weight is 389 g/mol. The topological polar surface area (TPSA) is 40.6 Å². The number of likely N-dealkylation sites (tertiary alicyclic amines) is 1. The van der Waals surface area contributed by atoms with Gasteiger partial charge in [-0.15, -0.1) is 0 Å². The standard InChI is InChI=1S/C25H28N2O2/c1-16-8-11-20(12-9-16)22-23(26-13-5-6-18(3)15-26)25(29)27(24(22)28)21-14-17(2)7-10-19(21)4/h7-12,14,18H,5-6,13,15H2,1-4H3. The minimum atomic E-state index is -0.222. The van der Waals surface area contributed by atoms with E-state index in [4.69, 9.17) is 0 Å². The fourth-order valence-electron chi connectivity index (χ4n) is 4.36. The van der Waals surface area contributed by atoms with Crippen molar-refractivity contribution in [3.63, 3.8) is 0 Å². The summed E-state index contributed by atoms with van der Waals surface area (Å²) in [7, 11) is 0. The molecule has 4 rings (SSSR count). The van der Waals surface area contributed by atoms with Crippen LogP contribution in [0.4, 0.5) is 5.69 Å². The number of benzene rings is 2. The van der Waals surface area contributed by atoms with Crippen LogP contribution in [0.25, 0.3) is 5.57 Å². The van der Waals surface area contributed by atoms with E-state index in [0.717, 1.165) is 48.2 Å². The Hall–Kier alpha value is -2.88. The second-order valence-electron chi connectivity index (χ2n) is 8.52. The number of anilines is 1. The van der Waals surface area contributed by atoms with Crippen LogP contribution in [-0.4, -0.2) is 29.8 Å². The van der Waals surface area contributed by atoms with Crippen molar-refractivity contribution < 1.29 is 9.59 Å². The Balaban J connectivity index is 1.85. The van der Waals surface area contributed by atoms with Crippen molar-refractivity contribution in [1.29, 1.82) is 0 Å². The van der Waals surface area contributed by atoms with Gasteiger partial charge in [0.05, 0.1) is 11.3 Å². The number of hydrogen-bond donors (Lipinski definition) is 0. The van der Waals surface area contributed by atoms with Crippen molar-refractivity contribution in [1.82, 2.24) is 4.90 Å². The van der Waals surface area contributed by atoms with Crippen LogP contribution in [0.15, 0.2) is 48.2 Å². The first-order chi connectivity index (χ1) is 13.9. The van der Waals surface area contributed by atoms with E-state index in [0.29, 0.717) is 22.9 Å². The van der Waals surface area contributed by atoms with Gasteiger partial charge in [0.2, 0.25) is 0 Å². The summed E-state index contributed by atoms with van der Waals surface area (Å²) in [5, 5.41) is 0. The molecule has 0 aliphatic carbocycles. The normalized spacial score (nSPS) is 20.1. The smallest absolute Gasteiger partial charge is 0.282 e. The number of nitrogens with zero attached hydrogens (tertiary/aromatic N) is 2. The van der Waals surface area contributed by atoms with Crippen LogP contribution in [-0.2, 0) is 9.59 Å². The molecule has 2 amide bonds. The monoisotopic (exact) mass is 388 g/mol. The lowest BCUT2D eigenvalue weighted by atomic mass is 9.97. The van der Waals surface area contributed by atoms with Crippen molar-refractivity contribution >= 4 is 23.1 Å². The van der Waals surface area contributed by atoms with Gasteiger partial charge in [0.25, 0.3) is 11.8 Å². The molecule has 2 aromatic carbocycles. The third kappa shape index (κ3) is 3.48. The van der Waals surface area contributed by atoms with Gasteiger partial charge in [-0.05, 0) is 62.3 Å². The number of imide groups is 1. The van der Waals surface area contributed by atoms with E-state index < -0.39 is 0 Å². The third-order valence-corrected chi connectivity index (χ3v) is 5.98. The zero-order chi connectivity index (χ0) is 20.7. The fourth-order valence-corrected chi connectivity index (χ4v) is 4.36. The SMILES string of the molecule is Cc1ccc(C2=C(N3CCCC(C)C3)C(=O)N(c3cc(C)ccc3C)C2=O)cc1. The van der Waals surface area contributed by atoms with Crippen molar-refractivity contribution in [2.24, 2.45) is 5.92 Å². The molecule has 1 saturated heterocycles. The molecule has 2 aliphatic rings. The molecule has 2 heterocycles. The molecule has 1 unspecified atom stereocenters. The second kappa shape index (κ2) is 7.51. The molecule has 29 heavy (non-hydrogen) atoms. The fraction of sp³-hybridized carbons (Fsp3) is 0.360. The number of hydrogen-bond acceptors (Lipinski definition) is 3. The molecular formula is C25H28N2O2. The van der Waals surface area contributed by atoms with Gasteiger partial charge in [0.1, 0.15) is 5.70 Å². The molecule has 0 bridgehead atoms. The highest BCUT2D eigenvalue weighted by atomic mass is 16.2. The van der Waals surface area contributed by atoms with Crippen LogP contribution < -0.4 is 4.90 Å². The van der Waals surface area contributed by atoms with Gasteiger partial charge >= 0.3 is 0 Å². The first-order valence-corrected chi connectivity index (χ1v) is 10.4. The van der Waals surface area contributed by atoms with Gasteiger partial charge in [-0.2, -0.15) is 0 Å². The first kappa shape index (κ1) is 19.4. The van der Waals surface area contributed by atoms with E-state index in [1.54, 1.807) is 0 Å². The summed E-state index contributed by atoms with van der Waals surface area (Å²) in [5.41, 5.74) is 5.68. The quantitative estimate of drug-likeness (QED) is 0.720. The van der Waals surface area contributed by atoms with Crippen LogP contribution in [0.1, 0.15) is 42.0 Å². The summed E-state index contributed by atoms with van der Waals surface area (Å²) < 4.78 is 0. The number of piperidine rings is 1. The molecule has 0 radical (unpaired) electrons.